The molecule has 1 aromatic rings. The van der Waals surface area contributed by atoms with Crippen molar-refractivity contribution in [3.05, 3.63) is 35.9 Å². The molecule has 6 rings (SSSR count). The molecule has 1 saturated carbocycles. The largest absolute Gasteiger partial charge is 0.468 e. The average molecular weight is 587 g/mol. The maximum atomic E-state index is 13.7. The van der Waals surface area contributed by atoms with Crippen LogP contribution in [0.1, 0.15) is 83.5 Å². The molecule has 4 saturated heterocycles. The number of benzene rings is 1. The van der Waals surface area contributed by atoms with E-state index in [1.54, 1.807) is 29.2 Å². The molecule has 0 radical (unpaired) electrons. The van der Waals surface area contributed by atoms with Gasteiger partial charge in [0.15, 0.2) is 11.9 Å². The fraction of sp³-hybridized carbons (Fsp3) is 0.719. The van der Waals surface area contributed by atoms with Crippen molar-refractivity contribution in [3.8, 4) is 0 Å². The maximum absolute atomic E-state index is 13.7. The summed E-state index contributed by atoms with van der Waals surface area (Å²) in [5, 5.41) is 2.68. The number of carbonyl (C=O) groups excluding carboxylic acids is 3. The highest BCUT2D eigenvalue weighted by Crippen LogP contribution is 2.60. The Hall–Kier alpha value is -2.53. The molecular weight excluding hydrogens is 540 g/mol. The van der Waals surface area contributed by atoms with Crippen LogP contribution >= 0.6 is 0 Å². The lowest BCUT2D eigenvalue weighted by atomic mass is 9.57. The molecule has 5 fully saturated rings. The minimum Gasteiger partial charge on any atom is -0.468 e. The molecule has 42 heavy (non-hydrogen) atoms. The standard InChI is InChI=1S/C32H46N2O8/c1-19(2)34(29(37)22-10-8-7-9-11-22)25(28(36)33-18-27(35)38-6)14-15-26-21(4)24-13-12-20(3)23-16-17-31(5)40-30(39-26)32(23,24)42-41-31/h7-11,19-21,23-26,30H,12-18H2,1-6H3,(H,33,36)/t20-,21-,23?,24?,25?,26-,30-,31+,32-/m1/s1. The van der Waals surface area contributed by atoms with Crippen LogP contribution < -0.4 is 5.32 Å². The molecule has 2 amide bonds. The normalized spacial score (nSPS) is 36.0. The van der Waals surface area contributed by atoms with E-state index in [2.05, 4.69) is 19.2 Å². The van der Waals surface area contributed by atoms with Crippen LogP contribution in [-0.2, 0) is 33.6 Å². The summed E-state index contributed by atoms with van der Waals surface area (Å²) in [4.78, 5) is 53.0. The van der Waals surface area contributed by atoms with Crippen LogP contribution in [-0.4, -0.2) is 72.2 Å². The zero-order valence-corrected chi connectivity index (χ0v) is 25.7. The number of nitrogens with one attached hydrogen (secondary N) is 1. The first-order valence-electron chi connectivity index (χ1n) is 15.4. The number of carbonyl (C=O) groups is 3. The van der Waals surface area contributed by atoms with E-state index in [1.165, 1.54) is 7.11 Å². The lowest BCUT2D eigenvalue weighted by Gasteiger charge is -2.60. The number of esters is 1. The van der Waals surface area contributed by atoms with E-state index >= 15 is 0 Å². The minimum absolute atomic E-state index is 0.113. The topological polar surface area (TPSA) is 113 Å². The number of amides is 2. The van der Waals surface area contributed by atoms with Gasteiger partial charge in [-0.1, -0.05) is 32.0 Å². The molecule has 2 bridgehead atoms. The Bertz CT molecular complexity index is 1150. The van der Waals surface area contributed by atoms with Crippen molar-refractivity contribution < 1.29 is 38.4 Å². The van der Waals surface area contributed by atoms with E-state index in [-0.39, 0.29) is 42.4 Å². The van der Waals surface area contributed by atoms with E-state index in [4.69, 9.17) is 24.0 Å². The van der Waals surface area contributed by atoms with Gasteiger partial charge in [0.1, 0.15) is 12.6 Å². The molecule has 4 heterocycles. The van der Waals surface area contributed by atoms with Crippen LogP contribution in [0.3, 0.4) is 0 Å². The fourth-order valence-electron chi connectivity index (χ4n) is 7.84. The van der Waals surface area contributed by atoms with E-state index in [9.17, 15) is 14.4 Å². The van der Waals surface area contributed by atoms with Crippen LogP contribution in [0.15, 0.2) is 30.3 Å². The van der Waals surface area contributed by atoms with Gasteiger partial charge in [0, 0.05) is 23.9 Å². The molecular formula is C32H46N2O8. The van der Waals surface area contributed by atoms with Crippen molar-refractivity contribution in [3.63, 3.8) is 0 Å². The first-order chi connectivity index (χ1) is 20.0. The van der Waals surface area contributed by atoms with Crippen molar-refractivity contribution in [1.82, 2.24) is 10.2 Å². The number of hydrogen-bond donors (Lipinski definition) is 1. The highest BCUT2D eigenvalue weighted by Gasteiger charge is 2.69. The SMILES string of the molecule is COC(=O)CNC(=O)C(CC[C@H]1O[C@@H]2O[C@]3(C)CCC4[C@H](C)CCC([C@H]1C)[C@]42OO3)N(C(=O)c1ccccc1)C(C)C. The molecule has 1 spiro atoms. The Balaban J connectivity index is 1.40. The summed E-state index contributed by atoms with van der Waals surface area (Å²) in [6, 6.07) is 7.85. The third-order valence-corrected chi connectivity index (χ3v) is 10.1. The Labute approximate surface area is 248 Å². The first-order valence-corrected chi connectivity index (χ1v) is 15.4. The lowest BCUT2D eigenvalue weighted by Crippen LogP contribution is -2.70. The summed E-state index contributed by atoms with van der Waals surface area (Å²) in [5.74, 6) is -1.05. The molecule has 9 atom stereocenters. The van der Waals surface area contributed by atoms with Gasteiger partial charge in [-0.25, -0.2) is 9.78 Å². The Morgan fingerprint density at radius 3 is 2.50 bits per heavy atom. The summed E-state index contributed by atoms with van der Waals surface area (Å²) < 4.78 is 18.0. The molecule has 10 heteroatoms. The number of rotatable bonds is 9. The van der Waals surface area contributed by atoms with E-state index in [1.807, 2.05) is 26.8 Å². The Morgan fingerprint density at radius 2 is 1.81 bits per heavy atom. The average Bonchev–Trinajstić information content (AvgIpc) is 3.21. The van der Waals surface area contributed by atoms with Gasteiger partial charge in [-0.3, -0.25) is 14.4 Å². The van der Waals surface area contributed by atoms with Gasteiger partial charge in [-0.05, 0) is 82.8 Å². The van der Waals surface area contributed by atoms with Crippen molar-refractivity contribution in [2.75, 3.05) is 13.7 Å². The van der Waals surface area contributed by atoms with Crippen molar-refractivity contribution in [2.45, 2.75) is 109 Å². The maximum Gasteiger partial charge on any atom is 0.325 e. The summed E-state index contributed by atoms with van der Waals surface area (Å²) in [6.45, 7) is 9.89. The summed E-state index contributed by atoms with van der Waals surface area (Å²) in [5.41, 5.74) is -0.162. The van der Waals surface area contributed by atoms with Gasteiger partial charge in [-0.2, -0.15) is 0 Å². The van der Waals surface area contributed by atoms with Crippen LogP contribution in [0.2, 0.25) is 0 Å². The number of nitrogens with zero attached hydrogens (tertiary/aromatic N) is 1. The van der Waals surface area contributed by atoms with Gasteiger partial charge < -0.3 is 24.4 Å². The molecule has 1 aromatic carbocycles. The Kier molecular flexibility index (Phi) is 9.00. The number of ether oxygens (including phenoxy) is 3. The third kappa shape index (κ3) is 5.58. The van der Waals surface area contributed by atoms with Gasteiger partial charge in [0.2, 0.25) is 11.7 Å². The first kappa shape index (κ1) is 30.9. The zero-order chi connectivity index (χ0) is 30.2. The van der Waals surface area contributed by atoms with Gasteiger partial charge >= 0.3 is 5.97 Å². The van der Waals surface area contributed by atoms with E-state index in [0.717, 1.165) is 25.7 Å². The molecule has 1 aliphatic carbocycles. The highest BCUT2D eigenvalue weighted by atomic mass is 17.3. The number of methoxy groups -OCH3 is 1. The minimum atomic E-state index is -0.866. The molecule has 0 aromatic heterocycles. The van der Waals surface area contributed by atoms with Crippen LogP contribution in [0.4, 0.5) is 0 Å². The number of fused-ring (bicyclic) bond motifs is 2. The molecule has 4 aliphatic heterocycles. The molecule has 1 N–H and O–H groups in total. The summed E-state index contributed by atoms with van der Waals surface area (Å²) >= 11 is 0. The van der Waals surface area contributed by atoms with Crippen molar-refractivity contribution in [2.24, 2.45) is 23.7 Å². The molecule has 10 nitrogen and oxygen atoms in total. The van der Waals surface area contributed by atoms with Gasteiger partial charge in [-0.15, -0.1) is 0 Å². The highest BCUT2D eigenvalue weighted by molar-refractivity contribution is 5.98. The molecule has 232 valence electrons. The van der Waals surface area contributed by atoms with E-state index in [0.29, 0.717) is 24.3 Å². The van der Waals surface area contributed by atoms with Gasteiger partial charge in [0.05, 0.1) is 13.2 Å². The van der Waals surface area contributed by atoms with Gasteiger partial charge in [0.25, 0.3) is 5.91 Å². The smallest absolute Gasteiger partial charge is 0.325 e. The van der Waals surface area contributed by atoms with Crippen molar-refractivity contribution in [1.29, 1.82) is 0 Å². The molecule has 3 unspecified atom stereocenters. The second-order valence-corrected chi connectivity index (χ2v) is 13.0. The van der Waals surface area contributed by atoms with Crippen LogP contribution in [0.5, 0.6) is 0 Å². The van der Waals surface area contributed by atoms with E-state index < -0.39 is 35.6 Å². The quantitative estimate of drug-likeness (QED) is 0.338. The third-order valence-electron chi connectivity index (χ3n) is 10.1. The fourth-order valence-corrected chi connectivity index (χ4v) is 7.84. The summed E-state index contributed by atoms with van der Waals surface area (Å²) in [6.07, 6.45) is 3.85. The summed E-state index contributed by atoms with van der Waals surface area (Å²) in [7, 11) is 1.27. The number of hydrogen-bond acceptors (Lipinski definition) is 8. The zero-order valence-electron chi connectivity index (χ0n) is 25.7. The van der Waals surface area contributed by atoms with Crippen LogP contribution in [0, 0.1) is 23.7 Å². The Morgan fingerprint density at radius 1 is 1.07 bits per heavy atom. The second kappa shape index (κ2) is 12.2. The lowest BCUT2D eigenvalue weighted by molar-refractivity contribution is -0.571. The molecule has 5 aliphatic rings. The monoisotopic (exact) mass is 586 g/mol. The predicted molar refractivity (Wildman–Crippen MR) is 153 cm³/mol. The second-order valence-electron chi connectivity index (χ2n) is 13.0. The predicted octanol–water partition coefficient (Wildman–Crippen LogP) is 4.23. The van der Waals surface area contributed by atoms with Crippen LogP contribution in [0.25, 0.3) is 0 Å². The van der Waals surface area contributed by atoms with Crippen molar-refractivity contribution >= 4 is 17.8 Å².